The Labute approximate surface area is 99.7 Å². The van der Waals surface area contributed by atoms with Gasteiger partial charge in [0, 0.05) is 24.2 Å². The van der Waals surface area contributed by atoms with E-state index in [9.17, 15) is 9.59 Å². The van der Waals surface area contributed by atoms with Gasteiger partial charge in [-0.25, -0.2) is 0 Å². The second kappa shape index (κ2) is 4.82. The summed E-state index contributed by atoms with van der Waals surface area (Å²) >= 11 is 0. The van der Waals surface area contributed by atoms with E-state index in [0.717, 1.165) is 0 Å². The maximum Gasteiger partial charge on any atom is 0.267 e. The first-order valence-electron chi connectivity index (χ1n) is 5.52. The highest BCUT2D eigenvalue weighted by molar-refractivity contribution is 6.09. The minimum Gasteiger partial charge on any atom is -0.378 e. The number of benzene rings is 1. The molecule has 4 nitrogen and oxygen atoms in total. The van der Waals surface area contributed by atoms with E-state index >= 15 is 0 Å². The van der Waals surface area contributed by atoms with Gasteiger partial charge in [0.15, 0.2) is 5.78 Å². The molecule has 2 rings (SSSR count). The molecule has 0 bridgehead atoms. The summed E-state index contributed by atoms with van der Waals surface area (Å²) < 4.78 is 0. The number of carbonyl (C=O) groups is 2. The van der Waals surface area contributed by atoms with Crippen molar-refractivity contribution in [3.8, 4) is 0 Å². The Morgan fingerprint density at radius 3 is 2.71 bits per heavy atom. The van der Waals surface area contributed by atoms with E-state index in [-0.39, 0.29) is 17.7 Å². The third kappa shape index (κ3) is 2.72. The number of piperazine rings is 1. The molecular weight excluding hydrogens is 216 g/mol. The van der Waals surface area contributed by atoms with Gasteiger partial charge in [-0.15, -0.1) is 0 Å². The van der Waals surface area contributed by atoms with Crippen LogP contribution in [0.2, 0.25) is 0 Å². The van der Waals surface area contributed by atoms with Crippen molar-refractivity contribution in [2.45, 2.75) is 13.0 Å². The summed E-state index contributed by atoms with van der Waals surface area (Å²) in [5.41, 5.74) is 0.908. The standard InChI is InChI=1S/C13H14N2O2/c1-9-8-14-11(13(17)15-9)7-12(16)10-5-3-2-4-6-10/h2-7,9,14H,8H2,1H3,(H,15,17)/t9-/m1/s1. The third-order valence-corrected chi connectivity index (χ3v) is 2.55. The van der Waals surface area contributed by atoms with Gasteiger partial charge in [-0.2, -0.15) is 0 Å². The summed E-state index contributed by atoms with van der Waals surface area (Å²) in [5.74, 6) is -0.397. The summed E-state index contributed by atoms with van der Waals surface area (Å²) in [5, 5.41) is 5.71. The molecule has 17 heavy (non-hydrogen) atoms. The zero-order chi connectivity index (χ0) is 12.3. The molecule has 1 fully saturated rings. The Morgan fingerprint density at radius 2 is 2.06 bits per heavy atom. The molecule has 0 unspecified atom stereocenters. The first-order chi connectivity index (χ1) is 8.16. The van der Waals surface area contributed by atoms with Gasteiger partial charge in [0.2, 0.25) is 0 Å². The van der Waals surface area contributed by atoms with Crippen molar-refractivity contribution in [1.82, 2.24) is 10.6 Å². The van der Waals surface area contributed by atoms with Crippen LogP contribution in [0, 0.1) is 0 Å². The quantitative estimate of drug-likeness (QED) is 0.585. The largest absolute Gasteiger partial charge is 0.378 e. The molecule has 88 valence electrons. The Bertz CT molecular complexity index is 466. The minimum absolute atomic E-state index is 0.0893. The molecule has 1 heterocycles. The van der Waals surface area contributed by atoms with Crippen LogP contribution in [0.1, 0.15) is 17.3 Å². The van der Waals surface area contributed by atoms with Crippen LogP contribution in [0.25, 0.3) is 0 Å². The van der Waals surface area contributed by atoms with E-state index in [0.29, 0.717) is 17.8 Å². The second-order valence-electron chi connectivity index (χ2n) is 4.04. The molecular formula is C13H14N2O2. The topological polar surface area (TPSA) is 58.2 Å². The van der Waals surface area contributed by atoms with E-state index in [4.69, 9.17) is 0 Å². The average molecular weight is 230 g/mol. The SMILES string of the molecule is C[C@@H]1CNC(=CC(=O)c2ccccc2)C(=O)N1. The number of carbonyl (C=O) groups excluding carboxylic acids is 2. The first-order valence-corrected chi connectivity index (χ1v) is 5.52. The fraction of sp³-hybridized carbons (Fsp3) is 0.231. The van der Waals surface area contributed by atoms with E-state index in [2.05, 4.69) is 10.6 Å². The number of hydrogen-bond acceptors (Lipinski definition) is 3. The van der Waals surface area contributed by atoms with Gasteiger partial charge in [0.1, 0.15) is 5.70 Å². The predicted molar refractivity (Wildman–Crippen MR) is 64.5 cm³/mol. The maximum absolute atomic E-state index is 11.8. The van der Waals surface area contributed by atoms with Crippen LogP contribution in [0.4, 0.5) is 0 Å². The lowest BCUT2D eigenvalue weighted by molar-refractivity contribution is -0.119. The van der Waals surface area contributed by atoms with Gasteiger partial charge in [-0.05, 0) is 6.92 Å². The van der Waals surface area contributed by atoms with E-state index < -0.39 is 0 Å². The Balaban J connectivity index is 2.15. The zero-order valence-corrected chi connectivity index (χ0v) is 9.57. The van der Waals surface area contributed by atoms with Gasteiger partial charge in [-0.1, -0.05) is 30.3 Å². The maximum atomic E-state index is 11.8. The lowest BCUT2D eigenvalue weighted by Crippen LogP contribution is -2.49. The Kier molecular flexibility index (Phi) is 3.23. The molecule has 4 heteroatoms. The normalized spacial score (nSPS) is 21.8. The van der Waals surface area contributed by atoms with Gasteiger partial charge in [0.05, 0.1) is 0 Å². The lowest BCUT2D eigenvalue weighted by Gasteiger charge is -2.23. The summed E-state index contributed by atoms with van der Waals surface area (Å²) in [7, 11) is 0. The molecule has 2 N–H and O–H groups in total. The fourth-order valence-corrected chi connectivity index (χ4v) is 1.63. The number of hydrogen-bond donors (Lipinski definition) is 2. The minimum atomic E-state index is -0.229. The number of ketones is 1. The Hall–Kier alpha value is -2.10. The highest BCUT2D eigenvalue weighted by Gasteiger charge is 2.19. The summed E-state index contributed by atoms with van der Waals surface area (Å²) in [4.78, 5) is 23.4. The average Bonchev–Trinajstić information content (AvgIpc) is 2.34. The van der Waals surface area contributed by atoms with Crippen LogP contribution in [0.3, 0.4) is 0 Å². The van der Waals surface area contributed by atoms with Crippen molar-refractivity contribution < 1.29 is 9.59 Å². The number of allylic oxidation sites excluding steroid dienone is 1. The number of nitrogens with one attached hydrogen (secondary N) is 2. The third-order valence-electron chi connectivity index (χ3n) is 2.55. The van der Waals surface area contributed by atoms with Crippen LogP contribution in [0.15, 0.2) is 42.1 Å². The van der Waals surface area contributed by atoms with E-state index in [1.807, 2.05) is 13.0 Å². The van der Waals surface area contributed by atoms with Gasteiger partial charge in [-0.3, -0.25) is 9.59 Å². The molecule has 0 spiro atoms. The summed E-state index contributed by atoms with van der Waals surface area (Å²) in [6, 6.07) is 8.97. The molecule has 0 radical (unpaired) electrons. The Morgan fingerprint density at radius 1 is 1.35 bits per heavy atom. The van der Waals surface area contributed by atoms with Gasteiger partial charge in [0.25, 0.3) is 5.91 Å². The van der Waals surface area contributed by atoms with E-state index in [1.165, 1.54) is 6.08 Å². The summed E-state index contributed by atoms with van der Waals surface area (Å²) in [6.45, 7) is 2.54. The van der Waals surface area contributed by atoms with Crippen molar-refractivity contribution in [3.05, 3.63) is 47.7 Å². The van der Waals surface area contributed by atoms with Gasteiger partial charge < -0.3 is 10.6 Å². The second-order valence-corrected chi connectivity index (χ2v) is 4.04. The molecule has 0 aliphatic carbocycles. The van der Waals surface area contributed by atoms with Crippen LogP contribution in [-0.4, -0.2) is 24.3 Å². The highest BCUT2D eigenvalue weighted by atomic mass is 16.2. The smallest absolute Gasteiger partial charge is 0.267 e. The zero-order valence-electron chi connectivity index (χ0n) is 9.57. The van der Waals surface area contributed by atoms with Crippen molar-refractivity contribution in [3.63, 3.8) is 0 Å². The fourth-order valence-electron chi connectivity index (χ4n) is 1.63. The predicted octanol–water partition coefficient (Wildman–Crippen LogP) is 0.861. The first kappa shape index (κ1) is 11.4. The van der Waals surface area contributed by atoms with Crippen LogP contribution in [0.5, 0.6) is 0 Å². The number of rotatable bonds is 2. The van der Waals surface area contributed by atoms with Crippen molar-refractivity contribution in [1.29, 1.82) is 0 Å². The lowest BCUT2D eigenvalue weighted by atomic mass is 10.1. The van der Waals surface area contributed by atoms with E-state index in [1.54, 1.807) is 24.3 Å². The van der Waals surface area contributed by atoms with Crippen LogP contribution in [-0.2, 0) is 4.79 Å². The summed E-state index contributed by atoms with van der Waals surface area (Å²) in [6.07, 6.45) is 1.34. The molecule has 0 saturated carbocycles. The highest BCUT2D eigenvalue weighted by Crippen LogP contribution is 2.05. The molecule has 1 amide bonds. The molecule has 1 aliphatic heterocycles. The molecule has 1 aromatic rings. The molecule has 1 atom stereocenters. The van der Waals surface area contributed by atoms with Crippen molar-refractivity contribution in [2.75, 3.05) is 6.54 Å². The van der Waals surface area contributed by atoms with Crippen molar-refractivity contribution >= 4 is 11.7 Å². The molecule has 1 aromatic carbocycles. The molecule has 1 saturated heterocycles. The van der Waals surface area contributed by atoms with Gasteiger partial charge >= 0.3 is 0 Å². The number of amides is 1. The van der Waals surface area contributed by atoms with Crippen LogP contribution >= 0.6 is 0 Å². The monoisotopic (exact) mass is 230 g/mol. The van der Waals surface area contributed by atoms with Crippen LogP contribution < -0.4 is 10.6 Å². The molecule has 1 aliphatic rings. The molecule has 0 aromatic heterocycles. The van der Waals surface area contributed by atoms with Crippen molar-refractivity contribution in [2.24, 2.45) is 0 Å².